The lowest BCUT2D eigenvalue weighted by Crippen LogP contribution is -2.26. The van der Waals surface area contributed by atoms with Crippen molar-refractivity contribution in [2.75, 3.05) is 26.2 Å². The molecule has 0 saturated carbocycles. The van der Waals surface area contributed by atoms with E-state index in [2.05, 4.69) is 15.9 Å². The zero-order valence-electron chi connectivity index (χ0n) is 12.1. The summed E-state index contributed by atoms with van der Waals surface area (Å²) in [5.74, 6) is 1.12. The first-order valence-electron chi connectivity index (χ1n) is 6.32. The lowest BCUT2D eigenvalue weighted by atomic mass is 10.2. The monoisotopic (exact) mass is 349 g/mol. The van der Waals surface area contributed by atoms with Gasteiger partial charge in [-0.3, -0.25) is 4.79 Å². The van der Waals surface area contributed by atoms with Gasteiger partial charge in [-0.1, -0.05) is 22.0 Å². The van der Waals surface area contributed by atoms with Crippen molar-refractivity contribution in [1.29, 1.82) is 0 Å². The molecule has 0 spiro atoms. The number of rotatable bonds is 4. The summed E-state index contributed by atoms with van der Waals surface area (Å²) in [6.45, 7) is 0. The van der Waals surface area contributed by atoms with Crippen molar-refractivity contribution < 1.29 is 14.3 Å². The quantitative estimate of drug-likeness (QED) is 0.843. The van der Waals surface area contributed by atoms with Crippen LogP contribution < -0.4 is 14.4 Å². The molecule has 0 fully saturated rings. The molecular formula is C16H16BrNO3. The maximum Gasteiger partial charge on any atom is 0.258 e. The van der Waals surface area contributed by atoms with E-state index in [1.54, 1.807) is 50.4 Å². The smallest absolute Gasteiger partial charge is 0.258 e. The first-order chi connectivity index (χ1) is 10.1. The molecule has 0 aromatic heterocycles. The number of amides is 1. The fourth-order valence-electron chi connectivity index (χ4n) is 1.97. The minimum Gasteiger partial charge on any atom is -0.493 e. The highest BCUT2D eigenvalue weighted by Crippen LogP contribution is 2.31. The van der Waals surface area contributed by atoms with Crippen LogP contribution in [0.1, 0.15) is 10.4 Å². The predicted molar refractivity (Wildman–Crippen MR) is 86.4 cm³/mol. The number of ether oxygens (including phenoxy) is 2. The molecule has 0 aliphatic heterocycles. The Morgan fingerprint density at radius 1 is 1.05 bits per heavy atom. The lowest BCUT2D eigenvalue weighted by Gasteiger charge is -2.19. The number of methoxy groups -OCH3 is 2. The normalized spacial score (nSPS) is 10.1. The number of halogens is 1. The molecule has 1 amide bonds. The van der Waals surface area contributed by atoms with Gasteiger partial charge in [0.2, 0.25) is 0 Å². The van der Waals surface area contributed by atoms with Crippen molar-refractivity contribution in [3.05, 3.63) is 52.5 Å². The van der Waals surface area contributed by atoms with Crippen LogP contribution >= 0.6 is 15.9 Å². The van der Waals surface area contributed by atoms with E-state index in [9.17, 15) is 4.79 Å². The molecule has 4 nitrogen and oxygen atoms in total. The fraction of sp³-hybridized carbons (Fsp3) is 0.188. The Labute approximate surface area is 132 Å². The van der Waals surface area contributed by atoms with E-state index in [4.69, 9.17) is 9.47 Å². The molecule has 0 saturated heterocycles. The maximum absolute atomic E-state index is 12.5. The highest BCUT2D eigenvalue weighted by Gasteiger charge is 2.15. The number of anilines is 1. The van der Waals surface area contributed by atoms with Crippen molar-refractivity contribution >= 4 is 27.5 Å². The predicted octanol–water partition coefficient (Wildman–Crippen LogP) is 3.74. The molecule has 2 aromatic rings. The summed E-state index contributed by atoms with van der Waals surface area (Å²) < 4.78 is 11.3. The van der Waals surface area contributed by atoms with Gasteiger partial charge in [-0.25, -0.2) is 0 Å². The van der Waals surface area contributed by atoms with Crippen molar-refractivity contribution in [2.24, 2.45) is 0 Å². The summed E-state index contributed by atoms with van der Waals surface area (Å²) in [5, 5.41) is 0. The van der Waals surface area contributed by atoms with Crippen LogP contribution in [0.25, 0.3) is 0 Å². The summed E-state index contributed by atoms with van der Waals surface area (Å²) in [4.78, 5) is 14.1. The number of hydrogen-bond acceptors (Lipinski definition) is 3. The van der Waals surface area contributed by atoms with Crippen LogP contribution in [0.2, 0.25) is 0 Å². The first kappa shape index (κ1) is 15.4. The number of carbonyl (C=O) groups excluding carboxylic acids is 1. The molecule has 2 aromatic carbocycles. The second kappa shape index (κ2) is 6.63. The van der Waals surface area contributed by atoms with Crippen LogP contribution in [0.3, 0.4) is 0 Å². The number of hydrogen-bond donors (Lipinski definition) is 0. The Morgan fingerprint density at radius 2 is 1.76 bits per heavy atom. The third-order valence-electron chi connectivity index (χ3n) is 3.13. The third kappa shape index (κ3) is 3.36. The van der Waals surface area contributed by atoms with E-state index in [1.807, 2.05) is 18.2 Å². The molecular weight excluding hydrogens is 334 g/mol. The van der Waals surface area contributed by atoms with Crippen molar-refractivity contribution in [3.8, 4) is 11.5 Å². The third-order valence-corrected chi connectivity index (χ3v) is 3.62. The SMILES string of the molecule is COc1ccc(N(C)C(=O)c2cccc(Br)c2)cc1OC. The molecule has 2 rings (SSSR count). The largest absolute Gasteiger partial charge is 0.493 e. The standard InChI is InChI=1S/C16H16BrNO3/c1-18(16(19)11-5-4-6-12(17)9-11)13-7-8-14(20-2)15(10-13)21-3/h4-10H,1-3H3. The van der Waals surface area contributed by atoms with Crippen molar-refractivity contribution in [3.63, 3.8) is 0 Å². The Bertz CT molecular complexity index is 658. The van der Waals surface area contributed by atoms with Gasteiger partial charge in [0, 0.05) is 28.8 Å². The number of nitrogens with zero attached hydrogens (tertiary/aromatic N) is 1. The number of carbonyl (C=O) groups is 1. The topological polar surface area (TPSA) is 38.8 Å². The highest BCUT2D eigenvalue weighted by molar-refractivity contribution is 9.10. The summed E-state index contributed by atoms with van der Waals surface area (Å²) in [5.41, 5.74) is 1.35. The maximum atomic E-state index is 12.5. The van der Waals surface area contributed by atoms with Crippen molar-refractivity contribution in [2.45, 2.75) is 0 Å². The molecule has 0 aliphatic carbocycles. The molecule has 5 heteroatoms. The molecule has 0 radical (unpaired) electrons. The van der Waals surface area contributed by atoms with Gasteiger partial charge in [-0.2, -0.15) is 0 Å². The fourth-order valence-corrected chi connectivity index (χ4v) is 2.37. The highest BCUT2D eigenvalue weighted by atomic mass is 79.9. The Balaban J connectivity index is 2.31. The zero-order chi connectivity index (χ0) is 15.4. The first-order valence-corrected chi connectivity index (χ1v) is 7.11. The number of benzene rings is 2. The molecule has 0 heterocycles. The minimum absolute atomic E-state index is 0.0940. The molecule has 0 aliphatic rings. The van der Waals surface area contributed by atoms with Gasteiger partial charge in [0.1, 0.15) is 0 Å². The van der Waals surface area contributed by atoms with Crippen LogP contribution in [-0.2, 0) is 0 Å². The van der Waals surface area contributed by atoms with E-state index in [0.29, 0.717) is 17.1 Å². The second-order valence-corrected chi connectivity index (χ2v) is 5.33. The van der Waals surface area contributed by atoms with Crippen LogP contribution in [-0.4, -0.2) is 27.2 Å². The Kier molecular flexibility index (Phi) is 4.85. The van der Waals surface area contributed by atoms with Gasteiger partial charge in [0.15, 0.2) is 11.5 Å². The average molecular weight is 350 g/mol. The van der Waals surface area contributed by atoms with E-state index < -0.39 is 0 Å². The van der Waals surface area contributed by atoms with Gasteiger partial charge in [-0.15, -0.1) is 0 Å². The molecule has 0 atom stereocenters. The minimum atomic E-state index is -0.0940. The molecule has 21 heavy (non-hydrogen) atoms. The van der Waals surface area contributed by atoms with Crippen LogP contribution in [0, 0.1) is 0 Å². The molecule has 0 unspecified atom stereocenters. The molecule has 0 bridgehead atoms. The average Bonchev–Trinajstić information content (AvgIpc) is 2.52. The van der Waals surface area contributed by atoms with Crippen LogP contribution in [0.4, 0.5) is 5.69 Å². The Morgan fingerprint density at radius 3 is 2.38 bits per heavy atom. The summed E-state index contributed by atoms with van der Waals surface area (Å²) >= 11 is 3.37. The van der Waals surface area contributed by atoms with Gasteiger partial charge in [0.05, 0.1) is 14.2 Å². The van der Waals surface area contributed by atoms with Gasteiger partial charge >= 0.3 is 0 Å². The summed E-state index contributed by atoms with van der Waals surface area (Å²) in [6.07, 6.45) is 0. The van der Waals surface area contributed by atoms with Gasteiger partial charge in [-0.05, 0) is 30.3 Å². The molecule has 0 N–H and O–H groups in total. The summed E-state index contributed by atoms with van der Waals surface area (Å²) in [7, 11) is 4.87. The van der Waals surface area contributed by atoms with E-state index >= 15 is 0 Å². The van der Waals surface area contributed by atoms with E-state index in [1.165, 1.54) is 0 Å². The van der Waals surface area contributed by atoms with Crippen LogP contribution in [0.5, 0.6) is 11.5 Å². The molecule has 110 valence electrons. The lowest BCUT2D eigenvalue weighted by molar-refractivity contribution is 0.0993. The van der Waals surface area contributed by atoms with Crippen LogP contribution in [0.15, 0.2) is 46.9 Å². The van der Waals surface area contributed by atoms with Crippen molar-refractivity contribution in [1.82, 2.24) is 0 Å². The zero-order valence-corrected chi connectivity index (χ0v) is 13.7. The summed E-state index contributed by atoms with van der Waals surface area (Å²) in [6, 6.07) is 12.7. The second-order valence-electron chi connectivity index (χ2n) is 4.41. The van der Waals surface area contributed by atoms with Gasteiger partial charge < -0.3 is 14.4 Å². The van der Waals surface area contributed by atoms with E-state index in [-0.39, 0.29) is 5.91 Å². The Hall–Kier alpha value is -2.01. The van der Waals surface area contributed by atoms with Gasteiger partial charge in [0.25, 0.3) is 5.91 Å². The van der Waals surface area contributed by atoms with E-state index in [0.717, 1.165) is 10.2 Å².